The van der Waals surface area contributed by atoms with Crippen molar-refractivity contribution in [3.63, 3.8) is 0 Å². The van der Waals surface area contributed by atoms with Crippen LogP contribution in [0.25, 0.3) is 0 Å². The van der Waals surface area contributed by atoms with Gasteiger partial charge in [-0.3, -0.25) is 4.90 Å². The number of nitrogen functional groups attached to an aromatic ring is 1. The maximum atomic E-state index is 14.4. The first-order valence-corrected chi connectivity index (χ1v) is 15.6. The normalized spacial score (nSPS) is 32.4. The second-order valence-electron chi connectivity index (χ2n) is 11.8. The van der Waals surface area contributed by atoms with E-state index in [9.17, 15) is 9.65 Å². The van der Waals surface area contributed by atoms with Crippen molar-refractivity contribution in [3.05, 3.63) is 16.0 Å². The van der Waals surface area contributed by atoms with Crippen LogP contribution in [0.15, 0.2) is 0 Å². The third-order valence-corrected chi connectivity index (χ3v) is 12.2. The number of morpholine rings is 1. The Kier molecular flexibility index (Phi) is 5.50. The number of aromatic nitrogens is 3. The molecule has 39 heavy (non-hydrogen) atoms. The Morgan fingerprint density at radius 1 is 1.18 bits per heavy atom. The number of fused-ring (bicyclic) bond motifs is 5. The molecule has 2 N–H and O–H groups in total. The second kappa shape index (κ2) is 8.80. The van der Waals surface area contributed by atoms with Gasteiger partial charge in [0.2, 0.25) is 11.9 Å². The highest BCUT2D eigenvalue weighted by Gasteiger charge is 2.54. The van der Waals surface area contributed by atoms with E-state index in [1.165, 1.54) is 16.2 Å². The van der Waals surface area contributed by atoms with Crippen molar-refractivity contribution in [1.29, 1.82) is 5.26 Å². The fraction of sp³-hybridized carbons (Fsp3) is 0.692. The molecular formula is C26H31FN8O2S2. The molecule has 0 aromatic carbocycles. The molecule has 2 unspecified atom stereocenters. The zero-order valence-electron chi connectivity index (χ0n) is 21.6. The van der Waals surface area contributed by atoms with Gasteiger partial charge in [0.25, 0.3) is 0 Å². The van der Waals surface area contributed by atoms with E-state index in [2.05, 4.69) is 20.8 Å². The highest BCUT2D eigenvalue weighted by molar-refractivity contribution is 8.00. The molecule has 8 heterocycles. The molecule has 10 nitrogen and oxygen atoms in total. The maximum absolute atomic E-state index is 14.4. The average molecular weight is 571 g/mol. The van der Waals surface area contributed by atoms with Crippen molar-refractivity contribution in [2.45, 2.75) is 66.4 Å². The number of anilines is 3. The summed E-state index contributed by atoms with van der Waals surface area (Å²) in [7, 11) is 0. The van der Waals surface area contributed by atoms with Gasteiger partial charge in [0, 0.05) is 42.2 Å². The number of nitriles is 1. The predicted molar refractivity (Wildman–Crippen MR) is 147 cm³/mol. The van der Waals surface area contributed by atoms with Gasteiger partial charge in [-0.2, -0.15) is 20.2 Å². The number of nitrogens with two attached hydrogens (primary N) is 1. The molecule has 5 fully saturated rings. The number of rotatable bonds is 5. The Balaban J connectivity index is 1.09. The van der Waals surface area contributed by atoms with Crippen molar-refractivity contribution < 1.29 is 13.9 Å². The number of thiophene rings is 1. The third-order valence-electron chi connectivity index (χ3n) is 9.52. The Bertz CT molecular complexity index is 1350. The quantitative estimate of drug-likeness (QED) is 0.572. The van der Waals surface area contributed by atoms with Crippen LogP contribution in [0.4, 0.5) is 21.3 Å². The lowest BCUT2D eigenvalue weighted by molar-refractivity contribution is 0.0890. The summed E-state index contributed by atoms with van der Waals surface area (Å²) < 4.78 is 26.3. The first kappa shape index (κ1) is 24.4. The van der Waals surface area contributed by atoms with E-state index in [0.29, 0.717) is 74.3 Å². The van der Waals surface area contributed by atoms with Crippen LogP contribution < -0.4 is 20.3 Å². The second-order valence-corrected chi connectivity index (χ2v) is 14.3. The zero-order valence-corrected chi connectivity index (χ0v) is 23.3. The van der Waals surface area contributed by atoms with Crippen LogP contribution in [0.5, 0.6) is 6.01 Å². The van der Waals surface area contributed by atoms with E-state index in [1.807, 2.05) is 11.8 Å². The molecule has 2 aromatic heterocycles. The fourth-order valence-corrected chi connectivity index (χ4v) is 10.5. The van der Waals surface area contributed by atoms with E-state index in [0.717, 1.165) is 43.5 Å². The van der Waals surface area contributed by atoms with Gasteiger partial charge in [-0.25, -0.2) is 4.39 Å². The van der Waals surface area contributed by atoms with Gasteiger partial charge in [-0.05, 0) is 32.2 Å². The summed E-state index contributed by atoms with van der Waals surface area (Å²) in [5.41, 5.74) is 7.64. The van der Waals surface area contributed by atoms with Crippen LogP contribution in [-0.4, -0.2) is 89.6 Å². The maximum Gasteiger partial charge on any atom is 0.323 e. The molecule has 0 aliphatic carbocycles. The van der Waals surface area contributed by atoms with Gasteiger partial charge in [0.05, 0.1) is 41.1 Å². The summed E-state index contributed by atoms with van der Waals surface area (Å²) in [5, 5.41) is 10.4. The van der Waals surface area contributed by atoms with Gasteiger partial charge in [-0.15, -0.1) is 23.1 Å². The first-order chi connectivity index (χ1) is 19.0. The molecule has 206 valence electrons. The third kappa shape index (κ3) is 3.67. The molecule has 0 amide bonds. The summed E-state index contributed by atoms with van der Waals surface area (Å²) in [4.78, 5) is 22.5. The number of hydrogen-bond donors (Lipinski definition) is 1. The Labute approximate surface area is 234 Å². The molecule has 8 rings (SSSR count). The molecule has 2 aromatic rings. The molecule has 13 heteroatoms. The van der Waals surface area contributed by atoms with Crippen molar-refractivity contribution >= 4 is 40.0 Å². The van der Waals surface area contributed by atoms with Gasteiger partial charge in [0.1, 0.15) is 23.8 Å². The largest absolute Gasteiger partial charge is 0.461 e. The molecule has 0 radical (unpaired) electrons. The number of alkyl halides is 1. The minimum atomic E-state index is -0.808. The van der Waals surface area contributed by atoms with Crippen molar-refractivity contribution in [2.75, 3.05) is 61.5 Å². The van der Waals surface area contributed by atoms with E-state index >= 15 is 0 Å². The number of nitrogens with zero attached hydrogens (tertiary/aromatic N) is 7. The Morgan fingerprint density at radius 3 is 2.77 bits per heavy atom. The average Bonchev–Trinajstić information content (AvgIpc) is 3.66. The molecule has 6 aliphatic rings. The Hall–Kier alpha value is -2.40. The van der Waals surface area contributed by atoms with Gasteiger partial charge in [-0.1, -0.05) is 0 Å². The van der Waals surface area contributed by atoms with Gasteiger partial charge in [0.15, 0.2) is 0 Å². The lowest BCUT2D eigenvalue weighted by Crippen LogP contribution is -2.57. The monoisotopic (exact) mass is 570 g/mol. The predicted octanol–water partition coefficient (Wildman–Crippen LogP) is 2.67. The van der Waals surface area contributed by atoms with E-state index in [-0.39, 0.29) is 22.4 Å². The SMILES string of the molecule is N#Cc1c(N)sc2c1C1(CN(c3nc(OC[C@@]45CCCN4C[C@H](F)C5)nc(N4C5CCC4COC5)n3)C1)SC2. The number of hydrogen-bond acceptors (Lipinski definition) is 12. The summed E-state index contributed by atoms with van der Waals surface area (Å²) in [6, 6.07) is 3.15. The van der Waals surface area contributed by atoms with Crippen LogP contribution in [0.1, 0.15) is 48.1 Å². The summed E-state index contributed by atoms with van der Waals surface area (Å²) in [5.74, 6) is 2.11. The van der Waals surface area contributed by atoms with E-state index in [4.69, 9.17) is 30.2 Å². The van der Waals surface area contributed by atoms with Crippen LogP contribution in [0, 0.1) is 11.3 Å². The molecular weight excluding hydrogens is 539 g/mol. The summed E-state index contributed by atoms with van der Waals surface area (Å²) >= 11 is 3.42. The van der Waals surface area contributed by atoms with Crippen LogP contribution in [0.3, 0.4) is 0 Å². The smallest absolute Gasteiger partial charge is 0.323 e. The topological polar surface area (TPSA) is 117 Å². The molecule has 2 bridgehead atoms. The van der Waals surface area contributed by atoms with E-state index < -0.39 is 6.17 Å². The molecule has 4 atom stereocenters. The highest BCUT2D eigenvalue weighted by Crippen LogP contribution is 2.57. The summed E-state index contributed by atoms with van der Waals surface area (Å²) in [6.45, 7) is 4.54. The molecule has 5 saturated heterocycles. The minimum Gasteiger partial charge on any atom is -0.461 e. The Morgan fingerprint density at radius 2 is 1.97 bits per heavy atom. The molecule has 1 spiro atoms. The van der Waals surface area contributed by atoms with Crippen LogP contribution in [0.2, 0.25) is 0 Å². The lowest BCUT2D eigenvalue weighted by atomic mass is 9.88. The van der Waals surface area contributed by atoms with Crippen molar-refractivity contribution in [2.24, 2.45) is 0 Å². The zero-order chi connectivity index (χ0) is 26.4. The lowest BCUT2D eigenvalue weighted by Gasteiger charge is -2.48. The van der Waals surface area contributed by atoms with Crippen molar-refractivity contribution in [3.8, 4) is 12.1 Å². The summed E-state index contributed by atoms with van der Waals surface area (Å²) in [6.07, 6.45) is 3.81. The number of halogens is 1. The van der Waals surface area contributed by atoms with Gasteiger partial charge < -0.3 is 25.0 Å². The number of thioether (sulfide) groups is 1. The van der Waals surface area contributed by atoms with E-state index in [1.54, 1.807) is 0 Å². The minimum absolute atomic E-state index is 0.163. The van der Waals surface area contributed by atoms with Crippen LogP contribution >= 0.6 is 23.1 Å². The van der Waals surface area contributed by atoms with Gasteiger partial charge >= 0.3 is 6.01 Å². The molecule has 6 aliphatic heterocycles. The standard InChI is InChI=1S/C26H31FN8O2S2/c27-15-6-25(4-1-5-34(25)8-15)14-37-24-31-22(30-23(32-24)35-16-2-3-17(35)10-36-9-16)33-12-26(13-33)20-18(7-28)21(29)39-19(20)11-38-26/h15-17H,1-6,8-14,29H2/t15-,16?,17?,25+/m1/s1. The highest BCUT2D eigenvalue weighted by atomic mass is 32.2. The fourth-order valence-electron chi connectivity index (χ4n) is 7.69. The van der Waals surface area contributed by atoms with Crippen LogP contribution in [-0.2, 0) is 15.2 Å². The number of ether oxygens (including phenoxy) is 2. The van der Waals surface area contributed by atoms with Crippen molar-refractivity contribution in [1.82, 2.24) is 19.9 Å². The first-order valence-electron chi connectivity index (χ1n) is 13.8. The molecule has 0 saturated carbocycles.